The van der Waals surface area contributed by atoms with E-state index in [1.807, 2.05) is 25.1 Å². The number of carbonyl (C=O) groups is 1. The van der Waals surface area contributed by atoms with Crippen LogP contribution in [0.5, 0.6) is 5.75 Å². The third-order valence-corrected chi connectivity index (χ3v) is 7.22. The lowest BCUT2D eigenvalue weighted by molar-refractivity contribution is 0.0950. The standard InChI is InChI=1S/C24H24ClN7O2/c1-12-6-27-14(8-26-12)9-29-23(33)15-10-30-24(32-11-16-19-20(16)21(19)32)31-22(15)28-7-13-3-4-18(34-2)17(25)5-13/h3-6,8,10,16,19-21H,7,9,11H2,1-2H3,(H,29,33)(H,28,30,31). The van der Waals surface area contributed by atoms with Gasteiger partial charge in [-0.25, -0.2) is 4.98 Å². The molecule has 4 fully saturated rings. The summed E-state index contributed by atoms with van der Waals surface area (Å²) in [5.41, 5.74) is 2.83. The molecule has 2 saturated heterocycles. The van der Waals surface area contributed by atoms with Crippen molar-refractivity contribution in [3.05, 3.63) is 64.3 Å². The first-order chi connectivity index (χ1) is 16.5. The van der Waals surface area contributed by atoms with Crippen LogP contribution < -0.4 is 20.3 Å². The Kier molecular flexibility index (Phi) is 5.02. The Morgan fingerprint density at radius 2 is 2.03 bits per heavy atom. The highest BCUT2D eigenvalue weighted by Crippen LogP contribution is 2.75. The smallest absolute Gasteiger partial charge is 0.256 e. The van der Waals surface area contributed by atoms with E-state index >= 15 is 0 Å². The molecule has 2 bridgehead atoms. The van der Waals surface area contributed by atoms with Gasteiger partial charge in [-0.2, -0.15) is 4.98 Å². The molecule has 7 rings (SSSR count). The normalized spacial score (nSPS) is 23.3. The fourth-order valence-electron chi connectivity index (χ4n) is 4.95. The van der Waals surface area contributed by atoms with Gasteiger partial charge < -0.3 is 20.3 Å². The van der Waals surface area contributed by atoms with Crippen molar-refractivity contribution < 1.29 is 9.53 Å². The minimum absolute atomic E-state index is 0.265. The summed E-state index contributed by atoms with van der Waals surface area (Å²) in [7, 11) is 1.58. The fraction of sp³-hybridized carbons (Fsp3) is 0.375. The highest BCUT2D eigenvalue weighted by molar-refractivity contribution is 6.32. The van der Waals surface area contributed by atoms with Gasteiger partial charge in [-0.15, -0.1) is 0 Å². The van der Waals surface area contributed by atoms with Crippen LogP contribution in [0.1, 0.15) is 27.3 Å². The van der Waals surface area contributed by atoms with Crippen LogP contribution in [-0.4, -0.2) is 45.5 Å². The van der Waals surface area contributed by atoms with E-state index in [0.717, 1.165) is 35.6 Å². The molecule has 4 heterocycles. The van der Waals surface area contributed by atoms with Crippen LogP contribution in [0.15, 0.2) is 36.8 Å². The number of nitrogens with one attached hydrogen (secondary N) is 2. The zero-order chi connectivity index (χ0) is 23.4. The summed E-state index contributed by atoms with van der Waals surface area (Å²) in [5, 5.41) is 6.74. The molecule has 4 aliphatic rings. The van der Waals surface area contributed by atoms with Crippen molar-refractivity contribution in [2.45, 2.75) is 26.1 Å². The van der Waals surface area contributed by atoms with Crippen molar-refractivity contribution >= 4 is 29.3 Å². The second-order valence-corrected chi connectivity index (χ2v) is 9.46. The molecule has 2 aliphatic heterocycles. The number of halogens is 1. The molecule has 1 aromatic carbocycles. The number of methoxy groups -OCH3 is 1. The van der Waals surface area contributed by atoms with Gasteiger partial charge in [-0.1, -0.05) is 17.7 Å². The van der Waals surface area contributed by atoms with Crippen LogP contribution in [0.2, 0.25) is 5.02 Å². The average molecular weight is 478 g/mol. The van der Waals surface area contributed by atoms with Crippen LogP contribution in [0, 0.1) is 24.7 Å². The lowest BCUT2D eigenvalue weighted by atomic mass is 10.2. The van der Waals surface area contributed by atoms with Crippen molar-refractivity contribution in [2.24, 2.45) is 17.8 Å². The van der Waals surface area contributed by atoms with E-state index in [1.54, 1.807) is 25.7 Å². The number of anilines is 2. The first kappa shape index (κ1) is 21.1. The number of nitrogens with zero attached hydrogens (tertiary/aromatic N) is 5. The van der Waals surface area contributed by atoms with Crippen molar-refractivity contribution in [1.29, 1.82) is 0 Å². The maximum Gasteiger partial charge on any atom is 0.256 e. The highest BCUT2D eigenvalue weighted by atomic mass is 35.5. The molecule has 1 amide bonds. The molecule has 2 aliphatic carbocycles. The molecular formula is C24H24ClN7O2. The van der Waals surface area contributed by atoms with Gasteiger partial charge in [0.15, 0.2) is 0 Å². The van der Waals surface area contributed by atoms with E-state index in [4.69, 9.17) is 21.3 Å². The number of hydrogen-bond acceptors (Lipinski definition) is 8. The van der Waals surface area contributed by atoms with E-state index in [2.05, 4.69) is 30.5 Å². The van der Waals surface area contributed by atoms with E-state index in [9.17, 15) is 4.79 Å². The molecule has 9 nitrogen and oxygen atoms in total. The Hall–Kier alpha value is -3.46. The Labute approximate surface area is 201 Å². The molecule has 2 N–H and O–H groups in total. The zero-order valence-electron chi connectivity index (χ0n) is 18.8. The summed E-state index contributed by atoms with van der Waals surface area (Å²) in [6.45, 7) is 3.58. The van der Waals surface area contributed by atoms with E-state index < -0.39 is 0 Å². The lowest BCUT2D eigenvalue weighted by Gasteiger charge is -2.18. The van der Waals surface area contributed by atoms with Gasteiger partial charge in [-0.3, -0.25) is 14.8 Å². The van der Waals surface area contributed by atoms with Gasteiger partial charge in [0, 0.05) is 31.5 Å². The second kappa shape index (κ2) is 8.09. The number of amides is 1. The first-order valence-corrected chi connectivity index (χ1v) is 11.7. The molecule has 2 aromatic heterocycles. The predicted octanol–water partition coefficient (Wildman–Crippen LogP) is 2.84. The fourth-order valence-corrected chi connectivity index (χ4v) is 5.23. The number of fused-ring (bicyclic) bond motifs is 1. The van der Waals surface area contributed by atoms with Gasteiger partial charge in [-0.05, 0) is 42.4 Å². The maximum atomic E-state index is 13.0. The number of aryl methyl sites for hydroxylation is 1. The van der Waals surface area contributed by atoms with E-state index in [0.29, 0.717) is 46.4 Å². The Morgan fingerprint density at radius 3 is 2.71 bits per heavy atom. The van der Waals surface area contributed by atoms with Crippen LogP contribution in [0.3, 0.4) is 0 Å². The van der Waals surface area contributed by atoms with Gasteiger partial charge in [0.2, 0.25) is 5.95 Å². The summed E-state index contributed by atoms with van der Waals surface area (Å²) in [4.78, 5) is 33.1. The Bertz CT molecular complexity index is 1250. The van der Waals surface area contributed by atoms with Gasteiger partial charge in [0.25, 0.3) is 5.91 Å². The van der Waals surface area contributed by atoms with Crippen molar-refractivity contribution in [2.75, 3.05) is 23.9 Å². The topological polar surface area (TPSA) is 105 Å². The van der Waals surface area contributed by atoms with Crippen molar-refractivity contribution in [3.8, 4) is 5.75 Å². The summed E-state index contributed by atoms with van der Waals surface area (Å²) < 4.78 is 5.23. The SMILES string of the molecule is COc1ccc(CNc2nc(N3CC4C5C4C53)ncc2C(=O)NCc2cnc(C)cn2)cc1Cl. The third kappa shape index (κ3) is 3.69. The number of ether oxygens (including phenoxy) is 1. The van der Waals surface area contributed by atoms with Crippen LogP contribution in [0.25, 0.3) is 0 Å². The van der Waals surface area contributed by atoms with Crippen LogP contribution >= 0.6 is 11.6 Å². The molecule has 2 unspecified atom stereocenters. The number of carbonyl (C=O) groups excluding carboxylic acids is 1. The quantitative estimate of drug-likeness (QED) is 0.510. The minimum Gasteiger partial charge on any atom is -0.495 e. The molecule has 174 valence electrons. The van der Waals surface area contributed by atoms with Crippen LogP contribution in [0.4, 0.5) is 11.8 Å². The minimum atomic E-state index is -0.277. The Morgan fingerprint density at radius 1 is 1.18 bits per heavy atom. The second-order valence-electron chi connectivity index (χ2n) is 9.05. The molecule has 0 radical (unpaired) electrons. The summed E-state index contributed by atoms with van der Waals surface area (Å²) in [6.07, 6.45) is 4.94. The van der Waals surface area contributed by atoms with Gasteiger partial charge in [0.1, 0.15) is 17.1 Å². The number of benzene rings is 1. The number of aromatic nitrogens is 4. The largest absolute Gasteiger partial charge is 0.495 e. The molecule has 2 atom stereocenters. The number of rotatable bonds is 8. The monoisotopic (exact) mass is 477 g/mol. The molecule has 2 saturated carbocycles. The molecule has 34 heavy (non-hydrogen) atoms. The van der Waals surface area contributed by atoms with Gasteiger partial charge >= 0.3 is 0 Å². The average Bonchev–Trinajstić information content (AvgIpc) is 3.66. The summed E-state index contributed by atoms with van der Waals surface area (Å²) in [6, 6.07) is 6.16. The molecule has 0 spiro atoms. The number of hydrogen-bond donors (Lipinski definition) is 2. The predicted molar refractivity (Wildman–Crippen MR) is 127 cm³/mol. The zero-order valence-corrected chi connectivity index (χ0v) is 19.6. The summed E-state index contributed by atoms with van der Waals surface area (Å²) >= 11 is 6.28. The molecule has 3 aromatic rings. The highest BCUT2D eigenvalue weighted by Gasteiger charge is 2.81. The third-order valence-electron chi connectivity index (χ3n) is 6.93. The molecule has 10 heteroatoms. The van der Waals surface area contributed by atoms with Gasteiger partial charge in [0.05, 0.1) is 36.3 Å². The van der Waals surface area contributed by atoms with Crippen LogP contribution in [-0.2, 0) is 13.1 Å². The Balaban J connectivity index is 1.21. The first-order valence-electron chi connectivity index (χ1n) is 11.3. The number of piperidine rings is 1. The van der Waals surface area contributed by atoms with Crippen molar-refractivity contribution in [3.63, 3.8) is 0 Å². The van der Waals surface area contributed by atoms with E-state index in [1.165, 1.54) is 0 Å². The maximum absolute atomic E-state index is 13.0. The summed E-state index contributed by atoms with van der Waals surface area (Å²) in [5.74, 6) is 3.98. The van der Waals surface area contributed by atoms with Crippen molar-refractivity contribution in [1.82, 2.24) is 25.3 Å². The van der Waals surface area contributed by atoms with E-state index in [-0.39, 0.29) is 12.5 Å². The molecular weight excluding hydrogens is 454 g/mol. The lowest BCUT2D eigenvalue weighted by Crippen LogP contribution is -2.27.